The Balaban J connectivity index is 1.50. The Kier molecular flexibility index (Phi) is 5.85. The fraction of sp³-hybridized carbons (Fsp3) is 0.333. The zero-order chi connectivity index (χ0) is 23.0. The Morgan fingerprint density at radius 3 is 2.53 bits per heavy atom. The van der Waals surface area contributed by atoms with E-state index in [0.717, 1.165) is 23.5 Å². The number of amides is 1. The molecule has 1 saturated heterocycles. The number of alkyl halides is 3. The van der Waals surface area contributed by atoms with E-state index in [1.54, 1.807) is 23.1 Å². The van der Waals surface area contributed by atoms with E-state index in [0.29, 0.717) is 41.7 Å². The predicted octanol–water partition coefficient (Wildman–Crippen LogP) is 4.80. The van der Waals surface area contributed by atoms with Crippen molar-refractivity contribution >= 4 is 32.6 Å². The second-order valence-corrected chi connectivity index (χ2v) is 8.27. The van der Waals surface area contributed by atoms with E-state index in [1.165, 1.54) is 14.2 Å². The van der Waals surface area contributed by atoms with Crippen LogP contribution < -0.4 is 14.8 Å². The second kappa shape index (κ2) is 8.45. The van der Waals surface area contributed by atoms with Gasteiger partial charge in [0.2, 0.25) is 0 Å². The SMILES string of the molecule is COc1cccc(OC)c1C(=O)N1CC[C@@H](Nc2nc3cc(F)c(C(F)(F)F)cc3s2)C1. The number of ether oxygens (including phenoxy) is 2. The monoisotopic (exact) mass is 469 g/mol. The zero-order valence-electron chi connectivity index (χ0n) is 17.1. The van der Waals surface area contributed by atoms with E-state index in [1.807, 2.05) is 0 Å². The van der Waals surface area contributed by atoms with E-state index in [9.17, 15) is 22.4 Å². The van der Waals surface area contributed by atoms with Crippen LogP contribution in [0.25, 0.3) is 10.2 Å². The van der Waals surface area contributed by atoms with Crippen molar-refractivity contribution < 1.29 is 31.8 Å². The molecular weight excluding hydrogens is 450 g/mol. The summed E-state index contributed by atoms with van der Waals surface area (Å²) in [6, 6.07) is 6.48. The number of hydrogen-bond donors (Lipinski definition) is 1. The highest BCUT2D eigenvalue weighted by molar-refractivity contribution is 7.22. The maximum atomic E-state index is 13.8. The van der Waals surface area contributed by atoms with Crippen LogP contribution in [-0.2, 0) is 6.18 Å². The van der Waals surface area contributed by atoms with Crippen LogP contribution in [0.5, 0.6) is 11.5 Å². The highest BCUT2D eigenvalue weighted by atomic mass is 32.1. The molecule has 32 heavy (non-hydrogen) atoms. The maximum Gasteiger partial charge on any atom is 0.419 e. The lowest BCUT2D eigenvalue weighted by Crippen LogP contribution is -2.32. The number of aromatic nitrogens is 1. The number of benzene rings is 2. The molecule has 1 atom stereocenters. The number of rotatable bonds is 5. The first-order chi connectivity index (χ1) is 15.2. The number of carbonyl (C=O) groups is 1. The molecule has 1 aliphatic heterocycles. The molecule has 6 nitrogen and oxygen atoms in total. The molecule has 1 aliphatic rings. The summed E-state index contributed by atoms with van der Waals surface area (Å²) in [6.45, 7) is 0.827. The molecule has 11 heteroatoms. The lowest BCUT2D eigenvalue weighted by molar-refractivity contribution is -0.139. The van der Waals surface area contributed by atoms with Gasteiger partial charge in [-0.25, -0.2) is 9.37 Å². The van der Waals surface area contributed by atoms with Crippen LogP contribution in [0.2, 0.25) is 0 Å². The van der Waals surface area contributed by atoms with E-state index in [2.05, 4.69) is 10.3 Å². The molecule has 2 heterocycles. The van der Waals surface area contributed by atoms with Crippen molar-refractivity contribution in [3.05, 3.63) is 47.3 Å². The third-order valence-electron chi connectivity index (χ3n) is 5.23. The molecule has 1 amide bonds. The fourth-order valence-corrected chi connectivity index (χ4v) is 4.65. The van der Waals surface area contributed by atoms with Crippen LogP contribution in [0.15, 0.2) is 30.3 Å². The van der Waals surface area contributed by atoms with Crippen LogP contribution in [0.4, 0.5) is 22.7 Å². The molecule has 0 radical (unpaired) electrons. The fourth-order valence-electron chi connectivity index (χ4n) is 3.68. The van der Waals surface area contributed by atoms with Gasteiger partial charge in [0.1, 0.15) is 22.9 Å². The van der Waals surface area contributed by atoms with Gasteiger partial charge in [0, 0.05) is 25.2 Å². The average Bonchev–Trinajstić information content (AvgIpc) is 3.37. The van der Waals surface area contributed by atoms with Gasteiger partial charge in [0.05, 0.1) is 30.0 Å². The highest BCUT2D eigenvalue weighted by Crippen LogP contribution is 2.37. The molecule has 170 valence electrons. The van der Waals surface area contributed by atoms with Crippen molar-refractivity contribution in [3.8, 4) is 11.5 Å². The van der Waals surface area contributed by atoms with Gasteiger partial charge >= 0.3 is 6.18 Å². The van der Waals surface area contributed by atoms with Gasteiger partial charge in [-0.05, 0) is 24.6 Å². The summed E-state index contributed by atoms with van der Waals surface area (Å²) in [5, 5.41) is 3.52. The Hall–Kier alpha value is -3.08. The van der Waals surface area contributed by atoms with Gasteiger partial charge in [0.25, 0.3) is 5.91 Å². The van der Waals surface area contributed by atoms with Gasteiger partial charge in [0.15, 0.2) is 5.13 Å². The summed E-state index contributed by atoms with van der Waals surface area (Å²) in [7, 11) is 2.94. The number of methoxy groups -OCH3 is 2. The number of hydrogen-bond acceptors (Lipinski definition) is 6. The standard InChI is InChI=1S/C21H19F4N3O3S/c1-30-15-4-3-5-16(31-2)18(15)19(29)28-7-6-11(10-28)26-20-27-14-9-13(22)12(21(23,24)25)8-17(14)32-20/h3-5,8-9,11H,6-7,10H2,1-2H3,(H,26,27)/t11-/m1/s1. The molecule has 1 fully saturated rings. The van der Waals surface area contributed by atoms with Crippen molar-refractivity contribution in [1.82, 2.24) is 9.88 Å². The van der Waals surface area contributed by atoms with Gasteiger partial charge in [-0.15, -0.1) is 0 Å². The molecule has 0 unspecified atom stereocenters. The number of nitrogens with zero attached hydrogens (tertiary/aromatic N) is 2. The third-order valence-corrected chi connectivity index (χ3v) is 6.18. The normalized spacial score (nSPS) is 16.4. The number of nitrogens with one attached hydrogen (secondary N) is 1. The summed E-state index contributed by atoms with van der Waals surface area (Å²) in [5.41, 5.74) is -0.843. The minimum atomic E-state index is -4.78. The topological polar surface area (TPSA) is 63.7 Å². The molecule has 2 aromatic carbocycles. The average molecular weight is 469 g/mol. The summed E-state index contributed by atoms with van der Waals surface area (Å²) in [5.74, 6) is -0.797. The first-order valence-electron chi connectivity index (χ1n) is 9.65. The summed E-state index contributed by atoms with van der Waals surface area (Å²) in [4.78, 5) is 18.9. The minimum absolute atomic E-state index is 0.146. The van der Waals surface area contributed by atoms with Crippen LogP contribution in [-0.4, -0.2) is 49.1 Å². The number of halogens is 4. The zero-order valence-corrected chi connectivity index (χ0v) is 17.9. The smallest absolute Gasteiger partial charge is 0.419 e. The molecular formula is C21H19F4N3O3S. The summed E-state index contributed by atoms with van der Waals surface area (Å²) in [6.07, 6.45) is -4.16. The van der Waals surface area contributed by atoms with E-state index < -0.39 is 17.6 Å². The molecule has 1 N–H and O–H groups in total. The van der Waals surface area contributed by atoms with Gasteiger partial charge in [-0.2, -0.15) is 13.2 Å². The highest BCUT2D eigenvalue weighted by Gasteiger charge is 2.35. The van der Waals surface area contributed by atoms with E-state index in [4.69, 9.17) is 9.47 Å². The van der Waals surface area contributed by atoms with Crippen LogP contribution >= 0.6 is 11.3 Å². The molecule has 0 saturated carbocycles. The minimum Gasteiger partial charge on any atom is -0.496 e. The number of thiazole rings is 1. The van der Waals surface area contributed by atoms with Gasteiger partial charge in [-0.1, -0.05) is 17.4 Å². The number of likely N-dealkylation sites (tertiary alicyclic amines) is 1. The van der Waals surface area contributed by atoms with Crippen LogP contribution in [0.3, 0.4) is 0 Å². The van der Waals surface area contributed by atoms with E-state index >= 15 is 0 Å². The van der Waals surface area contributed by atoms with Crippen LogP contribution in [0.1, 0.15) is 22.3 Å². The Morgan fingerprint density at radius 1 is 1.22 bits per heavy atom. The molecule has 1 aromatic heterocycles. The third kappa shape index (κ3) is 4.16. The van der Waals surface area contributed by atoms with Crippen molar-refractivity contribution in [2.24, 2.45) is 0 Å². The first kappa shape index (κ1) is 22.1. The summed E-state index contributed by atoms with van der Waals surface area (Å²) >= 11 is 1.01. The van der Waals surface area contributed by atoms with Crippen molar-refractivity contribution in [1.29, 1.82) is 0 Å². The molecule has 3 aromatic rings. The Bertz CT molecular complexity index is 1140. The van der Waals surface area contributed by atoms with Crippen LogP contribution in [0, 0.1) is 5.82 Å². The number of anilines is 1. The maximum absolute atomic E-state index is 13.8. The molecule has 0 aliphatic carbocycles. The Morgan fingerprint density at radius 2 is 1.91 bits per heavy atom. The number of fused-ring (bicyclic) bond motifs is 1. The first-order valence-corrected chi connectivity index (χ1v) is 10.5. The molecule has 0 spiro atoms. The predicted molar refractivity (Wildman–Crippen MR) is 112 cm³/mol. The quantitative estimate of drug-likeness (QED) is 0.544. The lowest BCUT2D eigenvalue weighted by atomic mass is 10.1. The molecule has 0 bridgehead atoms. The largest absolute Gasteiger partial charge is 0.496 e. The van der Waals surface area contributed by atoms with E-state index in [-0.39, 0.29) is 22.2 Å². The van der Waals surface area contributed by atoms with Crippen molar-refractivity contribution in [2.75, 3.05) is 32.6 Å². The van der Waals surface area contributed by atoms with Crippen molar-refractivity contribution in [2.45, 2.75) is 18.6 Å². The Labute approximate surface area is 184 Å². The van der Waals surface area contributed by atoms with Gasteiger partial charge < -0.3 is 19.7 Å². The molecule has 4 rings (SSSR count). The van der Waals surface area contributed by atoms with Gasteiger partial charge in [-0.3, -0.25) is 4.79 Å². The van der Waals surface area contributed by atoms with Crippen molar-refractivity contribution in [3.63, 3.8) is 0 Å². The summed E-state index contributed by atoms with van der Waals surface area (Å²) < 4.78 is 63.5. The second-order valence-electron chi connectivity index (χ2n) is 7.24. The lowest BCUT2D eigenvalue weighted by Gasteiger charge is -2.20. The number of carbonyl (C=O) groups excluding carboxylic acids is 1.